The molecule has 0 fully saturated rings. The van der Waals surface area contributed by atoms with Crippen molar-refractivity contribution in [3.63, 3.8) is 0 Å². The summed E-state index contributed by atoms with van der Waals surface area (Å²) in [5.74, 6) is -1.05. The topological polar surface area (TPSA) is 110 Å². The lowest BCUT2D eigenvalue weighted by Crippen LogP contribution is -2.23. The molecule has 2 N–H and O–H groups in total. The first kappa shape index (κ1) is 17.5. The van der Waals surface area contributed by atoms with Crippen molar-refractivity contribution < 1.29 is 14.7 Å². The molecule has 0 bridgehead atoms. The number of carboxylic acid groups (broad SMARTS) is 1. The van der Waals surface area contributed by atoms with Crippen LogP contribution in [0.5, 0.6) is 0 Å². The number of pyridine rings is 1. The van der Waals surface area contributed by atoms with Gasteiger partial charge in [-0.15, -0.1) is 5.10 Å². The number of carbonyl (C=O) groups is 2. The number of aromatic nitrogens is 4. The van der Waals surface area contributed by atoms with Gasteiger partial charge in [0.2, 0.25) is 0 Å². The second-order valence-electron chi connectivity index (χ2n) is 6.25. The fourth-order valence-corrected chi connectivity index (χ4v) is 2.58. The van der Waals surface area contributed by atoms with Gasteiger partial charge in [-0.1, -0.05) is 37.3 Å². The van der Waals surface area contributed by atoms with Gasteiger partial charge in [0.25, 0.3) is 5.91 Å². The van der Waals surface area contributed by atoms with Crippen molar-refractivity contribution >= 4 is 22.8 Å². The summed E-state index contributed by atoms with van der Waals surface area (Å²) in [6.45, 7) is 3.94. The molecule has 0 atom stereocenters. The lowest BCUT2D eigenvalue weighted by Gasteiger charge is -2.11. The molecule has 0 aliphatic heterocycles. The molecule has 0 aliphatic rings. The van der Waals surface area contributed by atoms with Crippen LogP contribution in [0, 0.1) is 0 Å². The van der Waals surface area contributed by atoms with Crippen LogP contribution in [0.3, 0.4) is 0 Å². The highest BCUT2D eigenvalue weighted by atomic mass is 16.4. The van der Waals surface area contributed by atoms with E-state index in [4.69, 9.17) is 5.11 Å². The Morgan fingerprint density at radius 3 is 2.77 bits per heavy atom. The molecule has 3 rings (SSSR count). The van der Waals surface area contributed by atoms with E-state index in [9.17, 15) is 9.59 Å². The largest absolute Gasteiger partial charge is 0.480 e. The van der Waals surface area contributed by atoms with Gasteiger partial charge in [0.05, 0.1) is 23.8 Å². The molecule has 3 aromatic rings. The number of aliphatic carboxylic acids is 1. The van der Waals surface area contributed by atoms with Crippen LogP contribution in [-0.2, 0) is 17.9 Å². The molecule has 0 aliphatic carbocycles. The van der Waals surface area contributed by atoms with E-state index in [-0.39, 0.29) is 24.9 Å². The highest BCUT2D eigenvalue weighted by Crippen LogP contribution is 2.22. The van der Waals surface area contributed by atoms with Crippen LogP contribution in [0.15, 0.2) is 36.5 Å². The average Bonchev–Trinajstić information content (AvgIpc) is 3.05. The summed E-state index contributed by atoms with van der Waals surface area (Å²) in [6, 6.07) is 9.32. The summed E-state index contributed by atoms with van der Waals surface area (Å²) in [4.78, 5) is 28.0. The number of amides is 1. The third-order valence-corrected chi connectivity index (χ3v) is 3.89. The zero-order chi connectivity index (χ0) is 18.7. The molecule has 0 unspecified atom stereocenters. The van der Waals surface area contributed by atoms with Gasteiger partial charge in [-0.25, -0.2) is 4.68 Å². The number of nitrogens with one attached hydrogen (secondary N) is 1. The number of para-hydroxylation sites is 1. The maximum absolute atomic E-state index is 12.7. The molecule has 0 radical (unpaired) electrons. The smallest absolute Gasteiger partial charge is 0.325 e. The Bertz CT molecular complexity index is 964. The SMILES string of the molecule is CC(C)c1cc(C(=O)NCc2cn(CC(=O)O)nn2)c2ccccc2n1. The van der Waals surface area contributed by atoms with Crippen molar-refractivity contribution in [2.75, 3.05) is 0 Å². The van der Waals surface area contributed by atoms with Crippen molar-refractivity contribution in [3.8, 4) is 0 Å². The molecular weight excluding hydrogens is 334 g/mol. The van der Waals surface area contributed by atoms with Gasteiger partial charge in [0.1, 0.15) is 12.2 Å². The Labute approximate surface area is 149 Å². The van der Waals surface area contributed by atoms with Crippen LogP contribution in [0.2, 0.25) is 0 Å². The maximum atomic E-state index is 12.7. The normalized spacial score (nSPS) is 11.0. The maximum Gasteiger partial charge on any atom is 0.325 e. The first-order valence-corrected chi connectivity index (χ1v) is 8.22. The molecule has 0 saturated carbocycles. The molecule has 0 spiro atoms. The van der Waals surface area contributed by atoms with Gasteiger partial charge in [-0.3, -0.25) is 14.6 Å². The van der Waals surface area contributed by atoms with Crippen molar-refractivity contribution in [3.05, 3.63) is 53.5 Å². The molecule has 2 aromatic heterocycles. The fourth-order valence-electron chi connectivity index (χ4n) is 2.58. The van der Waals surface area contributed by atoms with Crippen molar-refractivity contribution in [2.45, 2.75) is 32.9 Å². The standard InChI is InChI=1S/C18H19N5O3/c1-11(2)16-7-14(13-5-3-4-6-15(13)20-16)18(26)19-8-12-9-23(22-21-12)10-17(24)25/h3-7,9,11H,8,10H2,1-2H3,(H,19,26)(H,24,25). The summed E-state index contributed by atoms with van der Waals surface area (Å²) in [5.41, 5.74) is 2.66. The average molecular weight is 353 g/mol. The Morgan fingerprint density at radius 2 is 2.04 bits per heavy atom. The number of nitrogens with zero attached hydrogens (tertiary/aromatic N) is 4. The zero-order valence-corrected chi connectivity index (χ0v) is 14.5. The monoisotopic (exact) mass is 353 g/mol. The molecule has 134 valence electrons. The number of carboxylic acids is 1. The third kappa shape index (κ3) is 3.85. The Morgan fingerprint density at radius 1 is 1.27 bits per heavy atom. The predicted octanol–water partition coefficient (Wildman–Crippen LogP) is 1.96. The number of hydrogen-bond acceptors (Lipinski definition) is 5. The highest BCUT2D eigenvalue weighted by Gasteiger charge is 2.15. The predicted molar refractivity (Wildman–Crippen MR) is 94.7 cm³/mol. The zero-order valence-electron chi connectivity index (χ0n) is 14.5. The molecule has 26 heavy (non-hydrogen) atoms. The Kier molecular flexibility index (Phi) is 4.92. The lowest BCUT2D eigenvalue weighted by molar-refractivity contribution is -0.137. The molecule has 1 aromatic carbocycles. The van der Waals surface area contributed by atoms with E-state index in [1.807, 2.05) is 44.2 Å². The highest BCUT2D eigenvalue weighted by molar-refractivity contribution is 6.06. The number of benzene rings is 1. The summed E-state index contributed by atoms with van der Waals surface area (Å²) >= 11 is 0. The van der Waals surface area contributed by atoms with Crippen molar-refractivity contribution in [1.29, 1.82) is 0 Å². The van der Waals surface area contributed by atoms with Gasteiger partial charge in [-0.2, -0.15) is 0 Å². The first-order valence-electron chi connectivity index (χ1n) is 8.22. The van der Waals surface area contributed by atoms with E-state index in [1.54, 1.807) is 0 Å². The third-order valence-electron chi connectivity index (χ3n) is 3.89. The second-order valence-corrected chi connectivity index (χ2v) is 6.25. The molecule has 1 amide bonds. The minimum atomic E-state index is -1.00. The molecule has 2 heterocycles. The van der Waals surface area contributed by atoms with E-state index in [1.165, 1.54) is 10.9 Å². The molecule has 8 nitrogen and oxygen atoms in total. The van der Waals surface area contributed by atoms with E-state index >= 15 is 0 Å². The van der Waals surface area contributed by atoms with Gasteiger partial charge in [0, 0.05) is 11.1 Å². The van der Waals surface area contributed by atoms with Crippen LogP contribution in [0.1, 0.15) is 41.5 Å². The van der Waals surface area contributed by atoms with Gasteiger partial charge in [0.15, 0.2) is 0 Å². The summed E-state index contributed by atoms with van der Waals surface area (Å²) in [7, 11) is 0. The van der Waals surface area contributed by atoms with E-state index in [0.717, 1.165) is 16.6 Å². The summed E-state index contributed by atoms with van der Waals surface area (Å²) in [5, 5.41) is 19.9. The van der Waals surface area contributed by atoms with E-state index < -0.39 is 5.97 Å². The van der Waals surface area contributed by atoms with Crippen LogP contribution in [-0.4, -0.2) is 37.0 Å². The molecule has 8 heteroatoms. The molecule has 0 saturated heterocycles. The van der Waals surface area contributed by atoms with Crippen LogP contribution >= 0.6 is 0 Å². The Hall–Kier alpha value is -3.29. The summed E-state index contributed by atoms with van der Waals surface area (Å²) < 4.78 is 1.21. The van der Waals surface area contributed by atoms with E-state index in [2.05, 4.69) is 20.6 Å². The van der Waals surface area contributed by atoms with Crippen LogP contribution < -0.4 is 5.32 Å². The van der Waals surface area contributed by atoms with Crippen LogP contribution in [0.4, 0.5) is 0 Å². The lowest BCUT2D eigenvalue weighted by atomic mass is 10.0. The minimum Gasteiger partial charge on any atom is -0.480 e. The van der Waals surface area contributed by atoms with E-state index in [0.29, 0.717) is 11.3 Å². The minimum absolute atomic E-state index is 0.159. The van der Waals surface area contributed by atoms with Gasteiger partial charge >= 0.3 is 5.97 Å². The van der Waals surface area contributed by atoms with Gasteiger partial charge < -0.3 is 10.4 Å². The fraction of sp³-hybridized carbons (Fsp3) is 0.278. The number of carbonyl (C=O) groups excluding carboxylic acids is 1. The van der Waals surface area contributed by atoms with Crippen molar-refractivity contribution in [2.24, 2.45) is 0 Å². The van der Waals surface area contributed by atoms with Crippen molar-refractivity contribution in [1.82, 2.24) is 25.3 Å². The number of rotatable bonds is 6. The molecular formula is C18H19N5O3. The van der Waals surface area contributed by atoms with Crippen LogP contribution in [0.25, 0.3) is 10.9 Å². The Balaban J connectivity index is 1.81. The second kappa shape index (κ2) is 7.30. The summed E-state index contributed by atoms with van der Waals surface area (Å²) in [6.07, 6.45) is 1.50. The number of fused-ring (bicyclic) bond motifs is 1. The van der Waals surface area contributed by atoms with Gasteiger partial charge in [-0.05, 0) is 18.1 Å². The number of hydrogen-bond donors (Lipinski definition) is 2. The quantitative estimate of drug-likeness (QED) is 0.701. The first-order chi connectivity index (χ1) is 12.4.